The SMILES string of the molecule is CCNC(COC)(C(=O)O)c1ccccc1. The summed E-state index contributed by atoms with van der Waals surface area (Å²) in [5.41, 5.74) is -0.462. The molecule has 1 unspecified atom stereocenters. The van der Waals surface area contributed by atoms with E-state index in [9.17, 15) is 9.90 Å². The first-order valence-corrected chi connectivity index (χ1v) is 5.20. The van der Waals surface area contributed by atoms with Gasteiger partial charge in [-0.05, 0) is 12.1 Å². The minimum Gasteiger partial charge on any atom is -0.480 e. The van der Waals surface area contributed by atoms with Gasteiger partial charge in [-0.25, -0.2) is 4.79 Å². The molecule has 1 aromatic carbocycles. The molecule has 16 heavy (non-hydrogen) atoms. The fraction of sp³-hybridized carbons (Fsp3) is 0.417. The zero-order chi connectivity index (χ0) is 12.0. The second-order valence-corrected chi connectivity index (χ2v) is 3.54. The van der Waals surface area contributed by atoms with Crippen molar-refractivity contribution in [3.05, 3.63) is 35.9 Å². The molecular weight excluding hydrogens is 206 g/mol. The zero-order valence-electron chi connectivity index (χ0n) is 9.56. The molecule has 2 N–H and O–H groups in total. The van der Waals surface area contributed by atoms with E-state index >= 15 is 0 Å². The summed E-state index contributed by atoms with van der Waals surface area (Å²) in [6.07, 6.45) is 0. The number of hydrogen-bond donors (Lipinski definition) is 2. The van der Waals surface area contributed by atoms with Gasteiger partial charge in [0.2, 0.25) is 0 Å². The molecule has 0 spiro atoms. The molecule has 0 aliphatic rings. The van der Waals surface area contributed by atoms with Crippen molar-refractivity contribution in [1.29, 1.82) is 0 Å². The van der Waals surface area contributed by atoms with E-state index in [0.29, 0.717) is 12.1 Å². The van der Waals surface area contributed by atoms with Gasteiger partial charge in [0.15, 0.2) is 5.54 Å². The van der Waals surface area contributed by atoms with E-state index in [1.54, 1.807) is 12.1 Å². The summed E-state index contributed by atoms with van der Waals surface area (Å²) in [4.78, 5) is 11.5. The Labute approximate surface area is 95.2 Å². The van der Waals surface area contributed by atoms with Crippen molar-refractivity contribution in [3.8, 4) is 0 Å². The lowest BCUT2D eigenvalue weighted by atomic mass is 9.90. The standard InChI is InChI=1S/C12H17NO3/c1-3-13-12(9-16-2,11(14)15)10-7-5-4-6-8-10/h4-8,13H,3,9H2,1-2H3,(H,14,15). The smallest absolute Gasteiger partial charge is 0.331 e. The maximum atomic E-state index is 11.5. The van der Waals surface area contributed by atoms with Gasteiger partial charge in [-0.3, -0.25) is 5.32 Å². The Morgan fingerprint density at radius 2 is 2.06 bits per heavy atom. The Hall–Kier alpha value is -1.39. The molecule has 4 nitrogen and oxygen atoms in total. The lowest BCUT2D eigenvalue weighted by molar-refractivity contribution is -0.148. The van der Waals surface area contributed by atoms with Crippen LogP contribution in [0.5, 0.6) is 0 Å². The molecule has 1 rings (SSSR count). The molecule has 0 amide bonds. The average molecular weight is 223 g/mol. The summed E-state index contributed by atoms with van der Waals surface area (Å²) in [5.74, 6) is -0.928. The molecule has 0 aliphatic carbocycles. The van der Waals surface area contributed by atoms with Crippen LogP contribution in [0.1, 0.15) is 12.5 Å². The Balaban J connectivity index is 3.15. The van der Waals surface area contributed by atoms with Crippen LogP contribution >= 0.6 is 0 Å². The lowest BCUT2D eigenvalue weighted by Crippen LogP contribution is -2.52. The highest BCUT2D eigenvalue weighted by atomic mass is 16.5. The third-order valence-corrected chi connectivity index (χ3v) is 2.47. The normalized spacial score (nSPS) is 14.4. The Bertz CT molecular complexity index is 331. The third kappa shape index (κ3) is 2.40. The lowest BCUT2D eigenvalue weighted by Gasteiger charge is -2.30. The van der Waals surface area contributed by atoms with E-state index in [1.807, 2.05) is 25.1 Å². The van der Waals surface area contributed by atoms with Gasteiger partial charge in [0.05, 0.1) is 6.61 Å². The van der Waals surface area contributed by atoms with Crippen molar-refractivity contribution < 1.29 is 14.6 Å². The number of ether oxygens (including phenoxy) is 1. The van der Waals surface area contributed by atoms with Gasteiger partial charge in [0, 0.05) is 7.11 Å². The zero-order valence-corrected chi connectivity index (χ0v) is 9.56. The predicted octanol–water partition coefficient (Wildman–Crippen LogP) is 1.22. The van der Waals surface area contributed by atoms with Crippen LogP contribution in [0.15, 0.2) is 30.3 Å². The number of carbonyl (C=O) groups is 1. The maximum Gasteiger partial charge on any atom is 0.331 e. The highest BCUT2D eigenvalue weighted by Crippen LogP contribution is 2.21. The van der Waals surface area contributed by atoms with Crippen LogP contribution in [0.4, 0.5) is 0 Å². The highest BCUT2D eigenvalue weighted by molar-refractivity contribution is 5.81. The van der Waals surface area contributed by atoms with Crippen LogP contribution < -0.4 is 5.32 Å². The minimum absolute atomic E-state index is 0.0974. The molecule has 1 atom stereocenters. The van der Waals surface area contributed by atoms with Crippen LogP contribution in [0.2, 0.25) is 0 Å². The van der Waals surface area contributed by atoms with Crippen molar-refractivity contribution in [3.63, 3.8) is 0 Å². The summed E-state index contributed by atoms with van der Waals surface area (Å²) in [6, 6.07) is 9.07. The molecule has 4 heteroatoms. The van der Waals surface area contributed by atoms with Gasteiger partial charge in [-0.15, -0.1) is 0 Å². The van der Waals surface area contributed by atoms with Gasteiger partial charge in [-0.1, -0.05) is 37.3 Å². The van der Waals surface area contributed by atoms with E-state index in [4.69, 9.17) is 4.74 Å². The molecule has 0 saturated carbocycles. The molecule has 1 aromatic rings. The van der Waals surface area contributed by atoms with E-state index in [2.05, 4.69) is 5.32 Å². The number of benzene rings is 1. The molecule has 0 fully saturated rings. The summed E-state index contributed by atoms with van der Waals surface area (Å²) < 4.78 is 5.03. The molecule has 88 valence electrons. The van der Waals surface area contributed by atoms with Crippen LogP contribution in [-0.2, 0) is 15.1 Å². The second-order valence-electron chi connectivity index (χ2n) is 3.54. The van der Waals surface area contributed by atoms with Crippen molar-refractivity contribution in [2.75, 3.05) is 20.3 Å². The molecule has 0 radical (unpaired) electrons. The van der Waals surface area contributed by atoms with E-state index in [0.717, 1.165) is 0 Å². The number of likely N-dealkylation sites (N-methyl/N-ethyl adjacent to an activating group) is 1. The second kappa shape index (κ2) is 5.63. The minimum atomic E-state index is -1.16. The van der Waals surface area contributed by atoms with Crippen LogP contribution in [0.25, 0.3) is 0 Å². The summed E-state index contributed by atoms with van der Waals surface area (Å²) >= 11 is 0. The number of methoxy groups -OCH3 is 1. The predicted molar refractivity (Wildman–Crippen MR) is 61.3 cm³/mol. The van der Waals surface area contributed by atoms with E-state index < -0.39 is 11.5 Å². The van der Waals surface area contributed by atoms with E-state index in [1.165, 1.54) is 7.11 Å². The Kier molecular flexibility index (Phi) is 4.46. The quantitative estimate of drug-likeness (QED) is 0.761. The molecule has 0 aromatic heterocycles. The maximum absolute atomic E-state index is 11.5. The van der Waals surface area contributed by atoms with Crippen molar-refractivity contribution in [1.82, 2.24) is 5.32 Å². The number of nitrogens with one attached hydrogen (secondary N) is 1. The molecule has 0 saturated heterocycles. The van der Waals surface area contributed by atoms with Crippen molar-refractivity contribution in [2.45, 2.75) is 12.5 Å². The number of rotatable bonds is 6. The molecular formula is C12H17NO3. The van der Waals surface area contributed by atoms with Crippen LogP contribution in [-0.4, -0.2) is 31.3 Å². The monoisotopic (exact) mass is 223 g/mol. The molecule has 0 heterocycles. The first kappa shape index (κ1) is 12.7. The first-order chi connectivity index (χ1) is 7.67. The van der Waals surface area contributed by atoms with Crippen LogP contribution in [0, 0.1) is 0 Å². The fourth-order valence-electron chi connectivity index (χ4n) is 1.74. The van der Waals surface area contributed by atoms with Gasteiger partial charge in [-0.2, -0.15) is 0 Å². The summed E-state index contributed by atoms with van der Waals surface area (Å²) in [6.45, 7) is 2.53. The number of aliphatic carboxylic acids is 1. The number of carboxylic acids is 1. The first-order valence-electron chi connectivity index (χ1n) is 5.20. The number of carboxylic acid groups (broad SMARTS) is 1. The Morgan fingerprint density at radius 1 is 1.44 bits per heavy atom. The van der Waals surface area contributed by atoms with Gasteiger partial charge in [0.1, 0.15) is 0 Å². The van der Waals surface area contributed by atoms with Gasteiger partial charge < -0.3 is 9.84 Å². The molecule has 0 aliphatic heterocycles. The van der Waals surface area contributed by atoms with E-state index in [-0.39, 0.29) is 6.61 Å². The number of hydrogen-bond acceptors (Lipinski definition) is 3. The van der Waals surface area contributed by atoms with Gasteiger partial charge >= 0.3 is 5.97 Å². The summed E-state index contributed by atoms with van der Waals surface area (Å²) in [5, 5.41) is 12.4. The Morgan fingerprint density at radius 3 is 2.50 bits per heavy atom. The topological polar surface area (TPSA) is 58.6 Å². The van der Waals surface area contributed by atoms with Gasteiger partial charge in [0.25, 0.3) is 0 Å². The summed E-state index contributed by atoms with van der Waals surface area (Å²) in [7, 11) is 1.50. The van der Waals surface area contributed by atoms with Crippen LogP contribution in [0.3, 0.4) is 0 Å². The van der Waals surface area contributed by atoms with Crippen molar-refractivity contribution in [2.24, 2.45) is 0 Å². The highest BCUT2D eigenvalue weighted by Gasteiger charge is 2.39. The van der Waals surface area contributed by atoms with Crippen molar-refractivity contribution >= 4 is 5.97 Å². The molecule has 0 bridgehead atoms. The average Bonchev–Trinajstić information content (AvgIpc) is 2.29. The third-order valence-electron chi connectivity index (χ3n) is 2.47. The largest absolute Gasteiger partial charge is 0.480 e. The fourth-order valence-corrected chi connectivity index (χ4v) is 1.74.